The summed E-state index contributed by atoms with van der Waals surface area (Å²) in [6.07, 6.45) is 1.64. The molecule has 0 fully saturated rings. The van der Waals surface area contributed by atoms with E-state index >= 15 is 0 Å². The Morgan fingerprint density at radius 2 is 1.82 bits per heavy atom. The third kappa shape index (κ3) is 6.71. The molecule has 0 unspecified atom stereocenters. The van der Waals surface area contributed by atoms with Gasteiger partial charge in [0.25, 0.3) is 5.91 Å². The van der Waals surface area contributed by atoms with Crippen LogP contribution in [0.3, 0.4) is 0 Å². The summed E-state index contributed by atoms with van der Waals surface area (Å²) in [5, 5.41) is 14.0. The van der Waals surface area contributed by atoms with E-state index < -0.39 is 23.8 Å². The Morgan fingerprint density at radius 1 is 1.11 bits per heavy atom. The lowest BCUT2D eigenvalue weighted by atomic mass is 10.0. The largest absolute Gasteiger partial charge is 0.480 e. The molecule has 1 atom stereocenters. The Morgan fingerprint density at radius 3 is 2.39 bits per heavy atom. The van der Waals surface area contributed by atoms with E-state index in [0.29, 0.717) is 18.1 Å². The van der Waals surface area contributed by atoms with Gasteiger partial charge in [0.2, 0.25) is 11.8 Å². The first-order valence-electron chi connectivity index (χ1n) is 8.84. The molecular weight excluding hydrogens is 362 g/mol. The number of hydrogen-bond donors (Lipinski definition) is 3. The predicted molar refractivity (Wildman–Crippen MR) is 102 cm³/mol. The summed E-state index contributed by atoms with van der Waals surface area (Å²) in [5.74, 6) is -1.11. The first-order chi connectivity index (χ1) is 13.3. The number of para-hydroxylation sites is 1. The SMILES string of the molecule is CC(C)C[C@H](NC(=O)CNC(=O)c1ccc(Oc2ccccc2)nc1)C(=O)O. The quantitative estimate of drug-likeness (QED) is 0.609. The van der Waals surface area contributed by atoms with Crippen LogP contribution in [0.5, 0.6) is 11.6 Å². The van der Waals surface area contributed by atoms with Crippen LogP contribution in [0, 0.1) is 5.92 Å². The fourth-order valence-corrected chi connectivity index (χ4v) is 2.39. The van der Waals surface area contributed by atoms with Gasteiger partial charge in [-0.25, -0.2) is 9.78 Å². The summed E-state index contributed by atoms with van der Waals surface area (Å²) < 4.78 is 5.55. The van der Waals surface area contributed by atoms with Crippen LogP contribution >= 0.6 is 0 Å². The molecule has 0 radical (unpaired) electrons. The summed E-state index contributed by atoms with van der Waals surface area (Å²) in [6.45, 7) is 3.40. The topological polar surface area (TPSA) is 118 Å². The third-order valence-corrected chi connectivity index (χ3v) is 3.71. The zero-order valence-electron chi connectivity index (χ0n) is 15.7. The molecule has 0 saturated carbocycles. The molecule has 1 aromatic carbocycles. The number of aromatic nitrogens is 1. The van der Waals surface area contributed by atoms with E-state index in [0.717, 1.165) is 0 Å². The predicted octanol–water partition coefficient (Wildman–Crippen LogP) is 2.22. The van der Waals surface area contributed by atoms with Gasteiger partial charge in [-0.2, -0.15) is 0 Å². The first-order valence-corrected chi connectivity index (χ1v) is 8.84. The molecule has 2 aromatic rings. The van der Waals surface area contributed by atoms with Gasteiger partial charge in [-0.15, -0.1) is 0 Å². The number of carboxylic acid groups (broad SMARTS) is 1. The zero-order valence-corrected chi connectivity index (χ0v) is 15.7. The maximum atomic E-state index is 12.1. The number of nitrogens with zero attached hydrogens (tertiary/aromatic N) is 1. The molecule has 8 heteroatoms. The average Bonchev–Trinajstić information content (AvgIpc) is 2.66. The molecule has 1 aromatic heterocycles. The molecule has 0 aliphatic carbocycles. The normalized spacial score (nSPS) is 11.5. The van der Waals surface area contributed by atoms with Crippen LogP contribution in [0.25, 0.3) is 0 Å². The van der Waals surface area contributed by atoms with E-state index in [2.05, 4.69) is 15.6 Å². The minimum atomic E-state index is -1.11. The molecule has 8 nitrogen and oxygen atoms in total. The van der Waals surface area contributed by atoms with Crippen molar-refractivity contribution < 1.29 is 24.2 Å². The van der Waals surface area contributed by atoms with Crippen LogP contribution in [0.4, 0.5) is 0 Å². The zero-order chi connectivity index (χ0) is 20.5. The lowest BCUT2D eigenvalue weighted by molar-refractivity contribution is -0.142. The van der Waals surface area contributed by atoms with Crippen molar-refractivity contribution in [3.05, 3.63) is 54.2 Å². The fraction of sp³-hybridized carbons (Fsp3) is 0.300. The van der Waals surface area contributed by atoms with E-state index in [1.54, 1.807) is 18.2 Å². The van der Waals surface area contributed by atoms with Gasteiger partial charge in [-0.1, -0.05) is 32.0 Å². The van der Waals surface area contributed by atoms with Crippen LogP contribution in [-0.2, 0) is 9.59 Å². The number of benzene rings is 1. The second-order valence-corrected chi connectivity index (χ2v) is 6.57. The molecule has 0 aliphatic heterocycles. The molecule has 0 spiro atoms. The molecule has 28 heavy (non-hydrogen) atoms. The number of ether oxygens (including phenoxy) is 1. The van der Waals surface area contributed by atoms with Gasteiger partial charge < -0.3 is 20.5 Å². The van der Waals surface area contributed by atoms with E-state index in [4.69, 9.17) is 9.84 Å². The number of carbonyl (C=O) groups excluding carboxylic acids is 2. The van der Waals surface area contributed by atoms with Crippen molar-refractivity contribution >= 4 is 17.8 Å². The molecule has 1 heterocycles. The highest BCUT2D eigenvalue weighted by molar-refractivity contribution is 5.96. The van der Waals surface area contributed by atoms with E-state index in [1.165, 1.54) is 12.3 Å². The number of hydrogen-bond acceptors (Lipinski definition) is 5. The maximum absolute atomic E-state index is 12.1. The van der Waals surface area contributed by atoms with Crippen LogP contribution in [0.1, 0.15) is 30.6 Å². The maximum Gasteiger partial charge on any atom is 0.326 e. The molecule has 148 valence electrons. The van der Waals surface area contributed by atoms with Crippen LogP contribution in [-0.4, -0.2) is 40.5 Å². The lowest BCUT2D eigenvalue weighted by Crippen LogP contribution is -2.46. The smallest absolute Gasteiger partial charge is 0.326 e. The molecule has 2 rings (SSSR count). The highest BCUT2D eigenvalue weighted by Crippen LogP contribution is 2.18. The molecule has 2 amide bonds. The number of aliphatic carboxylic acids is 1. The van der Waals surface area contributed by atoms with Gasteiger partial charge in [0.15, 0.2) is 0 Å². The van der Waals surface area contributed by atoms with Gasteiger partial charge >= 0.3 is 5.97 Å². The fourth-order valence-electron chi connectivity index (χ4n) is 2.39. The third-order valence-electron chi connectivity index (χ3n) is 3.71. The molecule has 0 aliphatic rings. The van der Waals surface area contributed by atoms with Crippen molar-refractivity contribution in [2.45, 2.75) is 26.3 Å². The van der Waals surface area contributed by atoms with Crippen LogP contribution in [0.15, 0.2) is 48.7 Å². The van der Waals surface area contributed by atoms with Crippen molar-refractivity contribution in [3.63, 3.8) is 0 Å². The second kappa shape index (κ2) is 10.1. The molecule has 0 saturated heterocycles. The van der Waals surface area contributed by atoms with Gasteiger partial charge in [0, 0.05) is 12.3 Å². The van der Waals surface area contributed by atoms with Crippen LogP contribution < -0.4 is 15.4 Å². The minimum Gasteiger partial charge on any atom is -0.480 e. The monoisotopic (exact) mass is 385 g/mol. The van der Waals surface area contributed by atoms with Gasteiger partial charge in [-0.05, 0) is 30.5 Å². The van der Waals surface area contributed by atoms with Gasteiger partial charge in [0.1, 0.15) is 11.8 Å². The van der Waals surface area contributed by atoms with E-state index in [1.807, 2.05) is 32.0 Å². The highest BCUT2D eigenvalue weighted by atomic mass is 16.5. The average molecular weight is 385 g/mol. The Balaban J connectivity index is 1.85. The Kier molecular flexibility index (Phi) is 7.50. The summed E-state index contributed by atoms with van der Waals surface area (Å²) in [6, 6.07) is 11.2. The molecular formula is C20H23N3O5. The number of rotatable bonds is 9. The number of carboxylic acids is 1. The van der Waals surface area contributed by atoms with Crippen molar-refractivity contribution in [3.8, 4) is 11.6 Å². The number of carbonyl (C=O) groups is 3. The number of pyridine rings is 1. The summed E-state index contributed by atoms with van der Waals surface area (Å²) >= 11 is 0. The Hall–Kier alpha value is -3.42. The summed E-state index contributed by atoms with van der Waals surface area (Å²) in [7, 11) is 0. The summed E-state index contributed by atoms with van der Waals surface area (Å²) in [5.41, 5.74) is 0.255. The Labute approximate surface area is 162 Å². The highest BCUT2D eigenvalue weighted by Gasteiger charge is 2.21. The minimum absolute atomic E-state index is 0.110. The van der Waals surface area contributed by atoms with Crippen molar-refractivity contribution in [2.75, 3.05) is 6.54 Å². The Bertz CT molecular complexity index is 806. The number of amides is 2. The molecule has 0 bridgehead atoms. The van der Waals surface area contributed by atoms with E-state index in [9.17, 15) is 14.4 Å². The lowest BCUT2D eigenvalue weighted by Gasteiger charge is -2.16. The van der Waals surface area contributed by atoms with Crippen molar-refractivity contribution in [2.24, 2.45) is 5.92 Å². The van der Waals surface area contributed by atoms with Crippen LogP contribution in [0.2, 0.25) is 0 Å². The van der Waals surface area contributed by atoms with Gasteiger partial charge in [-0.3, -0.25) is 9.59 Å². The molecule has 3 N–H and O–H groups in total. The van der Waals surface area contributed by atoms with E-state index in [-0.39, 0.29) is 18.0 Å². The first kappa shape index (κ1) is 20.9. The second-order valence-electron chi connectivity index (χ2n) is 6.57. The van der Waals surface area contributed by atoms with Crippen molar-refractivity contribution in [1.29, 1.82) is 0 Å². The van der Waals surface area contributed by atoms with Crippen molar-refractivity contribution in [1.82, 2.24) is 15.6 Å². The standard InChI is InChI=1S/C20H23N3O5/c1-13(2)10-16(20(26)27)23-17(24)12-22-19(25)14-8-9-18(21-11-14)28-15-6-4-3-5-7-15/h3-9,11,13,16H,10,12H2,1-2H3,(H,22,25)(H,23,24)(H,26,27)/t16-/m0/s1. The number of nitrogens with one attached hydrogen (secondary N) is 2. The van der Waals surface area contributed by atoms with Gasteiger partial charge in [0.05, 0.1) is 12.1 Å². The summed E-state index contributed by atoms with van der Waals surface area (Å²) in [4.78, 5) is 39.3.